The maximum atomic E-state index is 12.9. The Kier molecular flexibility index (Phi) is 5.20. The highest BCUT2D eigenvalue weighted by molar-refractivity contribution is 5.94. The molecule has 1 unspecified atom stereocenters. The molecule has 6 heteroatoms. The molecule has 2 aromatic rings. The number of rotatable bonds is 6. The summed E-state index contributed by atoms with van der Waals surface area (Å²) in [6.45, 7) is 2.47. The van der Waals surface area contributed by atoms with E-state index in [9.17, 15) is 9.90 Å². The predicted octanol–water partition coefficient (Wildman–Crippen LogP) is 1.75. The Morgan fingerprint density at radius 3 is 2.88 bits per heavy atom. The number of carbonyl (C=O) groups excluding carboxylic acids is 1. The van der Waals surface area contributed by atoms with E-state index in [0.29, 0.717) is 5.69 Å². The van der Waals surface area contributed by atoms with Crippen molar-refractivity contribution in [2.45, 2.75) is 32.3 Å². The molecule has 1 aromatic carbocycles. The van der Waals surface area contributed by atoms with Crippen molar-refractivity contribution in [3.63, 3.8) is 0 Å². The van der Waals surface area contributed by atoms with E-state index in [1.165, 1.54) is 12.0 Å². The van der Waals surface area contributed by atoms with Crippen molar-refractivity contribution in [3.8, 4) is 5.69 Å². The molecule has 1 atom stereocenters. The number of fused-ring (bicyclic) bond motifs is 1. The molecular formula is C19H25N3O3. The highest BCUT2D eigenvalue weighted by Crippen LogP contribution is 2.29. The van der Waals surface area contributed by atoms with Gasteiger partial charge in [-0.2, -0.15) is 5.10 Å². The molecule has 1 aliphatic carbocycles. The molecule has 1 N–H and O–H groups in total. The Morgan fingerprint density at radius 2 is 2.16 bits per heavy atom. The third-order valence-electron chi connectivity index (χ3n) is 4.67. The molecule has 0 bridgehead atoms. The summed E-state index contributed by atoms with van der Waals surface area (Å²) in [7, 11) is 3.22. The Balaban J connectivity index is 1.92. The predicted molar refractivity (Wildman–Crippen MR) is 95.2 cm³/mol. The average molecular weight is 343 g/mol. The third-order valence-corrected chi connectivity index (χ3v) is 4.67. The van der Waals surface area contributed by atoms with Crippen LogP contribution in [0.5, 0.6) is 0 Å². The van der Waals surface area contributed by atoms with E-state index in [-0.39, 0.29) is 19.1 Å². The van der Waals surface area contributed by atoms with Crippen molar-refractivity contribution in [1.82, 2.24) is 14.7 Å². The van der Waals surface area contributed by atoms with Gasteiger partial charge in [-0.3, -0.25) is 4.79 Å². The maximum Gasteiger partial charge on any atom is 0.274 e. The summed E-state index contributed by atoms with van der Waals surface area (Å²) >= 11 is 0. The van der Waals surface area contributed by atoms with Crippen LogP contribution in [0.3, 0.4) is 0 Å². The number of aryl methyl sites for hydroxylation is 1. The number of methoxy groups -OCH3 is 1. The zero-order chi connectivity index (χ0) is 18.0. The SMILES string of the molecule is COCC(O)CN(C)C(=O)c1nn(-c2ccccc2C)c2c1CCC2. The van der Waals surface area contributed by atoms with E-state index in [2.05, 4.69) is 5.10 Å². The van der Waals surface area contributed by atoms with Gasteiger partial charge in [-0.15, -0.1) is 0 Å². The summed E-state index contributed by atoms with van der Waals surface area (Å²) in [6, 6.07) is 8.06. The fourth-order valence-corrected chi connectivity index (χ4v) is 3.43. The minimum absolute atomic E-state index is 0.152. The van der Waals surface area contributed by atoms with Crippen LogP contribution in [0.1, 0.15) is 33.7 Å². The van der Waals surface area contributed by atoms with Crippen molar-refractivity contribution in [2.24, 2.45) is 0 Å². The molecule has 1 heterocycles. The largest absolute Gasteiger partial charge is 0.389 e. The third kappa shape index (κ3) is 3.45. The van der Waals surface area contributed by atoms with Crippen LogP contribution < -0.4 is 0 Å². The van der Waals surface area contributed by atoms with Crippen LogP contribution in [-0.2, 0) is 17.6 Å². The molecule has 0 saturated heterocycles. The Labute approximate surface area is 148 Å². The number of aliphatic hydroxyl groups is 1. The van der Waals surface area contributed by atoms with Crippen LogP contribution in [-0.4, -0.2) is 59.1 Å². The number of ether oxygens (including phenoxy) is 1. The molecule has 0 saturated carbocycles. The van der Waals surface area contributed by atoms with Crippen LogP contribution >= 0.6 is 0 Å². The summed E-state index contributed by atoms with van der Waals surface area (Å²) in [5.74, 6) is -0.152. The molecule has 0 fully saturated rings. The lowest BCUT2D eigenvalue weighted by Gasteiger charge is -2.20. The van der Waals surface area contributed by atoms with Gasteiger partial charge < -0.3 is 14.7 Å². The molecule has 0 radical (unpaired) electrons. The minimum Gasteiger partial charge on any atom is -0.389 e. The lowest BCUT2D eigenvalue weighted by Crippen LogP contribution is -2.36. The highest BCUT2D eigenvalue weighted by atomic mass is 16.5. The standard InChI is InChI=1S/C19H25N3O3/c1-13-7-4-5-9-16(13)22-17-10-6-8-15(17)18(20-22)19(24)21(2)11-14(23)12-25-3/h4-5,7,9,14,23H,6,8,10-12H2,1-3H3. The molecule has 25 heavy (non-hydrogen) atoms. The first-order chi connectivity index (χ1) is 12.0. The second-order valence-electron chi connectivity index (χ2n) is 6.62. The molecule has 3 rings (SSSR count). The van der Waals surface area contributed by atoms with Crippen LogP contribution in [0.15, 0.2) is 24.3 Å². The summed E-state index contributed by atoms with van der Waals surface area (Å²) in [6.07, 6.45) is 2.14. The Bertz CT molecular complexity index is 769. The van der Waals surface area contributed by atoms with E-state index >= 15 is 0 Å². The van der Waals surface area contributed by atoms with E-state index in [0.717, 1.165) is 41.8 Å². The van der Waals surface area contributed by atoms with Crippen LogP contribution in [0.2, 0.25) is 0 Å². The number of nitrogens with zero attached hydrogens (tertiary/aromatic N) is 3. The number of aromatic nitrogens is 2. The van der Waals surface area contributed by atoms with E-state index < -0.39 is 6.10 Å². The van der Waals surface area contributed by atoms with Gasteiger partial charge in [-0.25, -0.2) is 4.68 Å². The van der Waals surface area contributed by atoms with Gasteiger partial charge in [0.1, 0.15) is 0 Å². The van der Waals surface area contributed by atoms with Gasteiger partial charge in [0.2, 0.25) is 0 Å². The Hall–Kier alpha value is -2.18. The monoisotopic (exact) mass is 343 g/mol. The van der Waals surface area contributed by atoms with Crippen molar-refractivity contribution in [2.75, 3.05) is 27.3 Å². The lowest BCUT2D eigenvalue weighted by molar-refractivity contribution is 0.0377. The normalized spacial score (nSPS) is 14.4. The zero-order valence-corrected chi connectivity index (χ0v) is 15.0. The molecule has 0 aliphatic heterocycles. The maximum absolute atomic E-state index is 12.9. The van der Waals surface area contributed by atoms with Gasteiger partial charge in [-0.1, -0.05) is 18.2 Å². The molecule has 1 aromatic heterocycles. The number of para-hydroxylation sites is 1. The number of hydrogen-bond acceptors (Lipinski definition) is 4. The molecule has 1 amide bonds. The van der Waals surface area contributed by atoms with E-state index in [1.807, 2.05) is 35.9 Å². The smallest absolute Gasteiger partial charge is 0.274 e. The molecule has 134 valence electrons. The molecule has 0 spiro atoms. The van der Waals surface area contributed by atoms with Crippen LogP contribution in [0.4, 0.5) is 0 Å². The summed E-state index contributed by atoms with van der Waals surface area (Å²) in [4.78, 5) is 14.4. The first-order valence-corrected chi connectivity index (χ1v) is 8.62. The topological polar surface area (TPSA) is 67.6 Å². The summed E-state index contributed by atoms with van der Waals surface area (Å²) < 4.78 is 6.85. The number of likely N-dealkylation sites (N-methyl/N-ethyl adjacent to an activating group) is 1. The fourth-order valence-electron chi connectivity index (χ4n) is 3.43. The van der Waals surface area contributed by atoms with Gasteiger partial charge in [-0.05, 0) is 37.8 Å². The molecule has 1 aliphatic rings. The fraction of sp³-hybridized carbons (Fsp3) is 0.474. The van der Waals surface area contributed by atoms with Crippen molar-refractivity contribution >= 4 is 5.91 Å². The number of aliphatic hydroxyl groups excluding tert-OH is 1. The number of benzene rings is 1. The van der Waals surface area contributed by atoms with Gasteiger partial charge in [0.15, 0.2) is 5.69 Å². The molecular weight excluding hydrogens is 318 g/mol. The second-order valence-corrected chi connectivity index (χ2v) is 6.62. The number of hydrogen-bond donors (Lipinski definition) is 1. The van der Waals surface area contributed by atoms with E-state index in [1.54, 1.807) is 7.05 Å². The first-order valence-electron chi connectivity index (χ1n) is 8.62. The number of carbonyl (C=O) groups is 1. The van der Waals surface area contributed by atoms with Crippen LogP contribution in [0, 0.1) is 6.92 Å². The zero-order valence-electron chi connectivity index (χ0n) is 15.0. The van der Waals surface area contributed by atoms with Gasteiger partial charge >= 0.3 is 0 Å². The van der Waals surface area contributed by atoms with Gasteiger partial charge in [0.25, 0.3) is 5.91 Å². The van der Waals surface area contributed by atoms with Crippen molar-refractivity contribution < 1.29 is 14.6 Å². The first kappa shape index (κ1) is 17.6. The highest BCUT2D eigenvalue weighted by Gasteiger charge is 2.29. The van der Waals surface area contributed by atoms with Crippen molar-refractivity contribution in [1.29, 1.82) is 0 Å². The number of amides is 1. The average Bonchev–Trinajstić information content (AvgIpc) is 3.17. The van der Waals surface area contributed by atoms with Crippen LogP contribution in [0.25, 0.3) is 5.69 Å². The lowest BCUT2D eigenvalue weighted by atomic mass is 10.1. The van der Waals surface area contributed by atoms with E-state index in [4.69, 9.17) is 4.74 Å². The quantitative estimate of drug-likeness (QED) is 0.868. The molecule has 6 nitrogen and oxygen atoms in total. The van der Waals surface area contributed by atoms with Gasteiger partial charge in [0, 0.05) is 32.0 Å². The van der Waals surface area contributed by atoms with Gasteiger partial charge in [0.05, 0.1) is 18.4 Å². The Morgan fingerprint density at radius 1 is 1.40 bits per heavy atom. The minimum atomic E-state index is -0.703. The summed E-state index contributed by atoms with van der Waals surface area (Å²) in [5.41, 5.74) is 4.82. The summed E-state index contributed by atoms with van der Waals surface area (Å²) in [5, 5.41) is 14.5. The van der Waals surface area contributed by atoms with Crippen molar-refractivity contribution in [3.05, 3.63) is 46.8 Å². The second kappa shape index (κ2) is 7.37.